The number of carbonyl (C=O) groups excluding carboxylic acids is 2. The molecule has 6 heteroatoms. The van der Waals surface area contributed by atoms with E-state index in [1.165, 1.54) is 0 Å². The van der Waals surface area contributed by atoms with Crippen molar-refractivity contribution in [3.63, 3.8) is 0 Å². The molecular weight excluding hydrogens is 288 g/mol. The van der Waals surface area contributed by atoms with Crippen LogP contribution in [-0.4, -0.2) is 42.1 Å². The topological polar surface area (TPSA) is 82.1 Å². The highest BCUT2D eigenvalue weighted by molar-refractivity contribution is 5.81. The number of esters is 2. The van der Waals surface area contributed by atoms with Crippen molar-refractivity contribution in [2.24, 2.45) is 5.41 Å². The summed E-state index contributed by atoms with van der Waals surface area (Å²) in [6.45, 7) is 13.8. The molecule has 0 saturated heterocycles. The molecule has 0 fully saturated rings. The largest absolute Gasteiger partial charge is 0.462 e. The lowest BCUT2D eigenvalue weighted by molar-refractivity contribution is -0.205. The number of carbonyl (C=O) groups is 2. The molecule has 1 N–H and O–H groups in total. The second kappa shape index (κ2) is 8.70. The van der Waals surface area contributed by atoms with Crippen LogP contribution in [0.4, 0.5) is 0 Å². The van der Waals surface area contributed by atoms with E-state index in [-0.39, 0.29) is 19.6 Å². The fourth-order valence-electron chi connectivity index (χ4n) is 1.60. The summed E-state index contributed by atoms with van der Waals surface area (Å²) < 4.78 is 15.4. The Balaban J connectivity index is 4.36. The second-order valence-electron chi connectivity index (χ2n) is 6.32. The van der Waals surface area contributed by atoms with Gasteiger partial charge in [-0.05, 0) is 13.8 Å². The molecule has 1 atom stereocenters. The van der Waals surface area contributed by atoms with Gasteiger partial charge in [0.2, 0.25) is 0 Å². The van der Waals surface area contributed by atoms with Crippen molar-refractivity contribution < 1.29 is 28.9 Å². The molecule has 0 aliphatic carbocycles. The van der Waals surface area contributed by atoms with E-state index in [0.717, 1.165) is 12.2 Å². The third-order valence-electron chi connectivity index (χ3n) is 2.68. The zero-order valence-electron chi connectivity index (χ0n) is 13.8. The summed E-state index contributed by atoms with van der Waals surface area (Å²) in [4.78, 5) is 22.1. The molecule has 0 aromatic carbocycles. The molecule has 0 amide bonds. The average molecular weight is 314 g/mol. The predicted octanol–water partition coefficient (Wildman–Crippen LogP) is 1.97. The Kier molecular flexibility index (Phi) is 8.05. The average Bonchev–Trinajstić information content (AvgIpc) is 2.40. The van der Waals surface area contributed by atoms with E-state index in [9.17, 15) is 14.7 Å². The highest BCUT2D eigenvalue weighted by atomic mass is 16.6. The Hall–Kier alpha value is -1.66. The lowest BCUT2D eigenvalue weighted by atomic mass is 9.90. The molecule has 0 spiro atoms. The second-order valence-corrected chi connectivity index (χ2v) is 6.32. The van der Waals surface area contributed by atoms with Crippen molar-refractivity contribution in [2.45, 2.75) is 46.0 Å². The summed E-state index contributed by atoms with van der Waals surface area (Å²) in [6, 6.07) is 0. The summed E-state index contributed by atoms with van der Waals surface area (Å²) in [6.07, 6.45) is 1.30. The molecule has 0 radical (unpaired) electrons. The predicted molar refractivity (Wildman–Crippen MR) is 81.9 cm³/mol. The SMILES string of the molecule is C=CC(=O)OCC(C)(C)CC(O)OC(C)(C)COC(=O)C=C. The van der Waals surface area contributed by atoms with Crippen LogP contribution >= 0.6 is 0 Å². The van der Waals surface area contributed by atoms with Crippen LogP contribution in [0.2, 0.25) is 0 Å². The van der Waals surface area contributed by atoms with Gasteiger partial charge in [0.25, 0.3) is 0 Å². The molecule has 0 aromatic heterocycles. The molecule has 0 aliphatic rings. The molecule has 1 unspecified atom stereocenters. The van der Waals surface area contributed by atoms with Crippen molar-refractivity contribution in [1.29, 1.82) is 0 Å². The molecule has 0 bridgehead atoms. The van der Waals surface area contributed by atoms with Crippen molar-refractivity contribution in [3.8, 4) is 0 Å². The van der Waals surface area contributed by atoms with Crippen molar-refractivity contribution in [1.82, 2.24) is 0 Å². The Bertz CT molecular complexity index is 373. The van der Waals surface area contributed by atoms with Crippen LogP contribution in [-0.2, 0) is 23.8 Å². The minimum Gasteiger partial charge on any atom is -0.462 e. The standard InChI is InChI=1S/C16H26O6/c1-7-12(17)20-10-15(3,4)9-14(19)22-16(5,6)11-21-13(18)8-2/h7-8,14,19H,1-2,9-11H2,3-6H3. The van der Waals surface area contributed by atoms with Gasteiger partial charge in [0.15, 0.2) is 6.29 Å². The maximum absolute atomic E-state index is 11.1. The molecule has 126 valence electrons. The van der Waals surface area contributed by atoms with E-state index in [0.29, 0.717) is 0 Å². The summed E-state index contributed by atoms with van der Waals surface area (Å²) >= 11 is 0. The fraction of sp³-hybridized carbons (Fsp3) is 0.625. The number of rotatable bonds is 10. The quantitative estimate of drug-likeness (QED) is 0.377. The number of hydrogen-bond acceptors (Lipinski definition) is 6. The van der Waals surface area contributed by atoms with E-state index < -0.39 is 29.2 Å². The van der Waals surface area contributed by atoms with E-state index in [4.69, 9.17) is 14.2 Å². The minimum absolute atomic E-state index is 0.0131. The van der Waals surface area contributed by atoms with Gasteiger partial charge in [0.05, 0.1) is 12.2 Å². The summed E-state index contributed by atoms with van der Waals surface area (Å²) in [5.74, 6) is -1.07. The number of aliphatic hydroxyl groups is 1. The maximum atomic E-state index is 11.1. The minimum atomic E-state index is -1.09. The van der Waals surface area contributed by atoms with Crippen LogP contribution < -0.4 is 0 Å². The van der Waals surface area contributed by atoms with Crippen LogP contribution in [0.5, 0.6) is 0 Å². The third kappa shape index (κ3) is 9.31. The molecule has 0 aliphatic heterocycles. The molecule has 0 aromatic rings. The summed E-state index contributed by atoms with van der Waals surface area (Å²) in [7, 11) is 0. The third-order valence-corrected chi connectivity index (χ3v) is 2.68. The fourth-order valence-corrected chi connectivity index (χ4v) is 1.60. The van der Waals surface area contributed by atoms with Crippen molar-refractivity contribution in [3.05, 3.63) is 25.3 Å². The van der Waals surface area contributed by atoms with Gasteiger partial charge >= 0.3 is 11.9 Å². The van der Waals surface area contributed by atoms with Crippen LogP contribution in [0.25, 0.3) is 0 Å². The Labute approximate surface area is 131 Å². The highest BCUT2D eigenvalue weighted by Gasteiger charge is 2.29. The van der Waals surface area contributed by atoms with Crippen LogP contribution in [0.3, 0.4) is 0 Å². The van der Waals surface area contributed by atoms with E-state index in [2.05, 4.69) is 13.2 Å². The van der Waals surface area contributed by atoms with Gasteiger partial charge < -0.3 is 19.3 Å². The number of aliphatic hydroxyl groups excluding tert-OH is 1. The first-order valence-corrected chi connectivity index (χ1v) is 6.95. The molecule has 0 rings (SSSR count). The molecule has 0 heterocycles. The first-order valence-electron chi connectivity index (χ1n) is 6.95. The lowest BCUT2D eigenvalue weighted by Gasteiger charge is -2.32. The summed E-state index contributed by atoms with van der Waals surface area (Å²) in [5, 5.41) is 10.0. The van der Waals surface area contributed by atoms with Gasteiger partial charge in [0, 0.05) is 24.0 Å². The molecule has 6 nitrogen and oxygen atoms in total. The molecular formula is C16H26O6. The first-order chi connectivity index (χ1) is 10.0. The molecule has 0 saturated carbocycles. The van der Waals surface area contributed by atoms with Crippen LogP contribution in [0.15, 0.2) is 25.3 Å². The zero-order valence-corrected chi connectivity index (χ0v) is 13.8. The van der Waals surface area contributed by atoms with Gasteiger partial charge in [-0.1, -0.05) is 27.0 Å². The monoisotopic (exact) mass is 314 g/mol. The van der Waals surface area contributed by atoms with Gasteiger partial charge in [-0.15, -0.1) is 0 Å². The smallest absolute Gasteiger partial charge is 0.330 e. The molecule has 22 heavy (non-hydrogen) atoms. The maximum Gasteiger partial charge on any atom is 0.330 e. The van der Waals surface area contributed by atoms with Crippen LogP contribution in [0, 0.1) is 5.41 Å². The first kappa shape index (κ1) is 20.3. The Morgan fingerprint density at radius 3 is 1.95 bits per heavy atom. The Morgan fingerprint density at radius 1 is 1.05 bits per heavy atom. The lowest BCUT2D eigenvalue weighted by Crippen LogP contribution is -2.38. The van der Waals surface area contributed by atoms with E-state index in [1.54, 1.807) is 13.8 Å². The van der Waals surface area contributed by atoms with Crippen LogP contribution in [0.1, 0.15) is 34.1 Å². The zero-order chi connectivity index (χ0) is 17.4. The van der Waals surface area contributed by atoms with Crippen molar-refractivity contribution in [2.75, 3.05) is 13.2 Å². The normalized spacial score (nSPS) is 13.1. The van der Waals surface area contributed by atoms with Gasteiger partial charge in [-0.25, -0.2) is 9.59 Å². The Morgan fingerprint density at radius 2 is 1.50 bits per heavy atom. The van der Waals surface area contributed by atoms with Gasteiger partial charge in [-0.2, -0.15) is 0 Å². The van der Waals surface area contributed by atoms with Gasteiger partial charge in [-0.3, -0.25) is 0 Å². The van der Waals surface area contributed by atoms with E-state index >= 15 is 0 Å². The number of hydrogen-bond donors (Lipinski definition) is 1. The van der Waals surface area contributed by atoms with Gasteiger partial charge in [0.1, 0.15) is 6.61 Å². The number of ether oxygens (including phenoxy) is 3. The highest BCUT2D eigenvalue weighted by Crippen LogP contribution is 2.25. The summed E-state index contributed by atoms with van der Waals surface area (Å²) in [5.41, 5.74) is -1.34. The van der Waals surface area contributed by atoms with E-state index in [1.807, 2.05) is 13.8 Å². The van der Waals surface area contributed by atoms with Crippen molar-refractivity contribution >= 4 is 11.9 Å².